The normalized spacial score (nSPS) is 11.8. The maximum absolute atomic E-state index is 14.1. The lowest BCUT2D eigenvalue weighted by Gasteiger charge is -2.14. The molecule has 4 heterocycles. The molecule has 0 bridgehead atoms. The Morgan fingerprint density at radius 3 is 2.66 bits per heavy atom. The number of carbonyl (C=O) groups is 1. The van der Waals surface area contributed by atoms with E-state index in [1.54, 1.807) is 59.3 Å². The second kappa shape index (κ2) is 6.73. The monoisotopic (exact) mass is 397 g/mol. The average molecular weight is 397 g/mol. The number of amides is 1. The van der Waals surface area contributed by atoms with Crippen LogP contribution in [-0.4, -0.2) is 35.0 Å². The molecule has 8 nitrogen and oxygen atoms in total. The summed E-state index contributed by atoms with van der Waals surface area (Å²) in [6.45, 7) is 2.14. The number of aryl methyl sites for hydroxylation is 1. The minimum Gasteiger partial charge on any atom is -0.332 e. The molecule has 1 amide bonds. The van der Waals surface area contributed by atoms with Gasteiger partial charge in [-0.1, -0.05) is 0 Å². The lowest BCUT2D eigenvalue weighted by Crippen LogP contribution is -2.15. The predicted octanol–water partition coefficient (Wildman–Crippen LogP) is 3.29. The number of aromatic nitrogens is 6. The maximum Gasteiger partial charge on any atom is 0.303 e. The molecule has 0 atom stereocenters. The quantitative estimate of drug-likeness (QED) is 0.571. The highest BCUT2D eigenvalue weighted by Crippen LogP contribution is 2.29. The summed E-state index contributed by atoms with van der Waals surface area (Å²) in [4.78, 5) is 27.7. The van der Waals surface area contributed by atoms with Crippen molar-refractivity contribution in [3.8, 4) is 17.2 Å². The molecule has 0 saturated heterocycles. The molecule has 0 radical (unpaired) electrons. The lowest BCUT2D eigenvalue weighted by atomic mass is 10.2. The molecule has 0 aromatic carbocycles. The highest BCUT2D eigenvalue weighted by molar-refractivity contribution is 5.91. The van der Waals surface area contributed by atoms with Gasteiger partial charge >= 0.3 is 5.92 Å². The van der Waals surface area contributed by atoms with Gasteiger partial charge in [-0.2, -0.15) is 8.78 Å². The zero-order valence-corrected chi connectivity index (χ0v) is 15.9. The van der Waals surface area contributed by atoms with E-state index in [1.165, 1.54) is 6.92 Å². The third-order valence-electron chi connectivity index (χ3n) is 4.31. The molecule has 4 rings (SSSR count). The lowest BCUT2D eigenvalue weighted by molar-refractivity contribution is -0.114. The van der Waals surface area contributed by atoms with Crippen molar-refractivity contribution in [2.75, 3.05) is 5.32 Å². The molecule has 0 aliphatic carbocycles. The third-order valence-corrected chi connectivity index (χ3v) is 4.31. The molecule has 10 heteroatoms. The number of fused-ring (bicyclic) bond motifs is 1. The van der Waals surface area contributed by atoms with Crippen molar-refractivity contribution < 1.29 is 13.6 Å². The molecule has 0 fully saturated rings. The number of alkyl halides is 2. The van der Waals surface area contributed by atoms with Crippen LogP contribution >= 0.6 is 0 Å². The fraction of sp³-hybridized carbons (Fsp3) is 0.211. The molecular formula is C19H17F2N7O. The molecule has 0 saturated carbocycles. The number of hydrogen-bond acceptors (Lipinski definition) is 5. The molecule has 0 spiro atoms. The van der Waals surface area contributed by atoms with Crippen molar-refractivity contribution in [1.29, 1.82) is 0 Å². The summed E-state index contributed by atoms with van der Waals surface area (Å²) >= 11 is 0. The number of carbonyl (C=O) groups excluding carboxylic acids is 1. The van der Waals surface area contributed by atoms with Crippen LogP contribution in [0.1, 0.15) is 19.7 Å². The number of rotatable bonds is 4. The van der Waals surface area contributed by atoms with Crippen LogP contribution < -0.4 is 5.32 Å². The zero-order valence-electron chi connectivity index (χ0n) is 15.9. The van der Waals surface area contributed by atoms with Crippen LogP contribution in [0.15, 0.2) is 43.1 Å². The number of halogens is 2. The summed E-state index contributed by atoms with van der Waals surface area (Å²) in [5, 5.41) is 3.38. The van der Waals surface area contributed by atoms with Gasteiger partial charge in [0.05, 0.1) is 29.4 Å². The summed E-state index contributed by atoms with van der Waals surface area (Å²) in [5.41, 5.74) is 1.56. The van der Waals surface area contributed by atoms with Crippen LogP contribution in [0, 0.1) is 0 Å². The van der Waals surface area contributed by atoms with E-state index in [0.717, 1.165) is 12.3 Å². The van der Waals surface area contributed by atoms with Gasteiger partial charge < -0.3 is 14.5 Å². The Hall–Kier alpha value is -3.69. The van der Waals surface area contributed by atoms with Crippen molar-refractivity contribution in [1.82, 2.24) is 29.1 Å². The minimum atomic E-state index is -3.23. The SMILES string of the molecule is CC(=O)Nc1cc2c(ccn2-c2cc(-c3cncn3C)nc(C(C)(F)F)n2)cn1. The maximum atomic E-state index is 14.1. The Morgan fingerprint density at radius 2 is 2.00 bits per heavy atom. The first-order valence-electron chi connectivity index (χ1n) is 8.71. The first-order valence-corrected chi connectivity index (χ1v) is 8.71. The van der Waals surface area contributed by atoms with E-state index in [-0.39, 0.29) is 11.7 Å². The van der Waals surface area contributed by atoms with Crippen LogP contribution in [0.5, 0.6) is 0 Å². The van der Waals surface area contributed by atoms with Crippen LogP contribution in [-0.2, 0) is 17.8 Å². The van der Waals surface area contributed by atoms with E-state index >= 15 is 0 Å². The molecule has 4 aromatic rings. The summed E-state index contributed by atoms with van der Waals surface area (Å²) in [7, 11) is 1.75. The third kappa shape index (κ3) is 3.56. The Labute approximate surface area is 164 Å². The van der Waals surface area contributed by atoms with E-state index in [4.69, 9.17) is 0 Å². The van der Waals surface area contributed by atoms with Crippen molar-refractivity contribution in [3.05, 3.63) is 48.9 Å². The van der Waals surface area contributed by atoms with E-state index in [9.17, 15) is 13.6 Å². The van der Waals surface area contributed by atoms with Gasteiger partial charge in [-0.25, -0.2) is 19.9 Å². The molecule has 0 unspecified atom stereocenters. The topological polar surface area (TPSA) is 90.5 Å². The van der Waals surface area contributed by atoms with Gasteiger partial charge in [0, 0.05) is 50.8 Å². The minimum absolute atomic E-state index is 0.261. The Balaban J connectivity index is 1.92. The standard InChI is InChI=1S/C19H17F2N7O/c1-11(29)24-16-7-14-12(8-23-16)4-5-28(14)17-6-13(15-9-22-10-27(15)3)25-18(26-17)19(2,20)21/h4-10H,1-3H3,(H,23,24,29). The van der Waals surface area contributed by atoms with Gasteiger partial charge in [0.15, 0.2) is 0 Å². The van der Waals surface area contributed by atoms with E-state index in [0.29, 0.717) is 22.7 Å². The second-order valence-electron chi connectivity index (χ2n) is 6.71. The van der Waals surface area contributed by atoms with Gasteiger partial charge in [-0.05, 0) is 6.07 Å². The average Bonchev–Trinajstić information content (AvgIpc) is 3.26. The summed E-state index contributed by atoms with van der Waals surface area (Å²) < 4.78 is 31.6. The van der Waals surface area contributed by atoms with Gasteiger partial charge in [-0.15, -0.1) is 0 Å². The molecule has 148 valence electrons. The number of hydrogen-bond donors (Lipinski definition) is 1. The van der Waals surface area contributed by atoms with Gasteiger partial charge in [-0.3, -0.25) is 4.79 Å². The highest BCUT2D eigenvalue weighted by atomic mass is 19.3. The van der Waals surface area contributed by atoms with Crippen LogP contribution in [0.25, 0.3) is 28.1 Å². The summed E-state index contributed by atoms with van der Waals surface area (Å²) in [5.74, 6) is -3.46. The van der Waals surface area contributed by atoms with Crippen LogP contribution in [0.4, 0.5) is 14.6 Å². The Morgan fingerprint density at radius 1 is 1.21 bits per heavy atom. The molecule has 29 heavy (non-hydrogen) atoms. The van der Waals surface area contributed by atoms with Crippen molar-refractivity contribution in [2.24, 2.45) is 7.05 Å². The highest BCUT2D eigenvalue weighted by Gasteiger charge is 2.30. The Bertz CT molecular complexity index is 1220. The smallest absolute Gasteiger partial charge is 0.303 e. The number of anilines is 1. The number of imidazole rings is 1. The summed E-state index contributed by atoms with van der Waals surface area (Å²) in [6.07, 6.45) is 6.42. The predicted molar refractivity (Wildman–Crippen MR) is 103 cm³/mol. The largest absolute Gasteiger partial charge is 0.332 e. The van der Waals surface area contributed by atoms with Gasteiger partial charge in [0.1, 0.15) is 11.6 Å². The molecule has 0 aliphatic rings. The number of pyridine rings is 1. The van der Waals surface area contributed by atoms with E-state index in [2.05, 4.69) is 25.3 Å². The molecule has 1 N–H and O–H groups in total. The van der Waals surface area contributed by atoms with E-state index in [1.807, 2.05) is 0 Å². The van der Waals surface area contributed by atoms with Crippen molar-refractivity contribution in [2.45, 2.75) is 19.8 Å². The van der Waals surface area contributed by atoms with Crippen molar-refractivity contribution >= 4 is 22.6 Å². The second-order valence-corrected chi connectivity index (χ2v) is 6.71. The fourth-order valence-electron chi connectivity index (χ4n) is 2.97. The van der Waals surface area contributed by atoms with Crippen LogP contribution in [0.3, 0.4) is 0 Å². The molecular weight excluding hydrogens is 380 g/mol. The van der Waals surface area contributed by atoms with Crippen molar-refractivity contribution in [3.63, 3.8) is 0 Å². The molecule has 4 aromatic heterocycles. The van der Waals surface area contributed by atoms with Gasteiger partial charge in [0.2, 0.25) is 11.7 Å². The number of nitrogens with zero attached hydrogens (tertiary/aromatic N) is 6. The number of nitrogens with one attached hydrogen (secondary N) is 1. The van der Waals surface area contributed by atoms with Gasteiger partial charge in [0.25, 0.3) is 0 Å². The Kier molecular flexibility index (Phi) is 4.33. The first-order chi connectivity index (χ1) is 13.7. The first kappa shape index (κ1) is 18.7. The molecule has 0 aliphatic heterocycles. The summed E-state index contributed by atoms with van der Waals surface area (Å²) in [6, 6.07) is 5.06. The van der Waals surface area contributed by atoms with E-state index < -0.39 is 11.7 Å². The van der Waals surface area contributed by atoms with Crippen LogP contribution in [0.2, 0.25) is 0 Å². The zero-order chi connectivity index (χ0) is 20.8. The fourth-order valence-corrected chi connectivity index (χ4v) is 2.97.